The summed E-state index contributed by atoms with van der Waals surface area (Å²) in [5.41, 5.74) is 3.18. The van der Waals surface area contributed by atoms with Crippen LogP contribution in [0.5, 0.6) is 0 Å². The zero-order chi connectivity index (χ0) is 25.1. The zero-order valence-corrected chi connectivity index (χ0v) is 20.9. The quantitative estimate of drug-likeness (QED) is 0.394. The molecule has 1 aromatic heterocycles. The van der Waals surface area contributed by atoms with Crippen molar-refractivity contribution in [2.45, 2.75) is 64.2 Å². The van der Waals surface area contributed by atoms with Crippen molar-refractivity contribution in [2.75, 3.05) is 6.54 Å². The van der Waals surface area contributed by atoms with E-state index in [2.05, 4.69) is 39.7 Å². The first-order chi connectivity index (χ1) is 16.7. The molecule has 0 saturated carbocycles. The van der Waals surface area contributed by atoms with Crippen LogP contribution in [0.25, 0.3) is 22.2 Å². The van der Waals surface area contributed by atoms with Gasteiger partial charge >= 0.3 is 6.09 Å². The smallest absolute Gasteiger partial charge is 0.410 e. The predicted octanol–water partition coefficient (Wildman–Crippen LogP) is 5.95. The Hall–Kier alpha value is -3.45. The third-order valence-electron chi connectivity index (χ3n) is 6.54. The highest BCUT2D eigenvalue weighted by Crippen LogP contribution is 2.38. The van der Waals surface area contributed by atoms with E-state index >= 15 is 0 Å². The maximum atomic E-state index is 13.2. The van der Waals surface area contributed by atoms with E-state index in [0.29, 0.717) is 25.8 Å². The van der Waals surface area contributed by atoms with E-state index in [1.54, 1.807) is 18.7 Å². The number of aromatic amines is 1. The fraction of sp³-hybridized carbons (Fsp3) is 0.393. The van der Waals surface area contributed by atoms with Gasteiger partial charge in [0.05, 0.1) is 11.6 Å². The summed E-state index contributed by atoms with van der Waals surface area (Å²) in [4.78, 5) is 14.9. The van der Waals surface area contributed by atoms with Gasteiger partial charge in [0, 0.05) is 25.8 Å². The molecule has 1 fully saturated rings. The lowest BCUT2D eigenvalue weighted by Gasteiger charge is -2.45. The van der Waals surface area contributed by atoms with E-state index in [9.17, 15) is 9.90 Å². The molecule has 4 rings (SSSR count). The molecule has 1 amide bonds. The molecule has 2 aromatic carbocycles. The molecule has 7 heteroatoms. The molecule has 1 saturated heterocycles. The Labute approximate surface area is 206 Å². The molecule has 184 valence electrons. The van der Waals surface area contributed by atoms with Crippen molar-refractivity contribution in [2.24, 2.45) is 0 Å². The SMILES string of the molecule is CC=CC=CCC1(CC(C)(C)O)CCN(C(C)c2ccc(-c3ccc4n[nH]nc4c3)cc2)C(=O)O1. The summed E-state index contributed by atoms with van der Waals surface area (Å²) in [5, 5.41) is 21.4. The maximum absolute atomic E-state index is 13.2. The molecule has 1 aliphatic heterocycles. The number of H-pyrrole nitrogens is 1. The molecular weight excluding hydrogens is 440 g/mol. The number of carbonyl (C=O) groups excluding carboxylic acids is 1. The number of fused-ring (bicyclic) bond motifs is 1. The first-order valence-electron chi connectivity index (χ1n) is 12.1. The molecule has 0 spiro atoms. The number of carbonyl (C=O) groups is 1. The minimum Gasteiger partial charge on any atom is -0.442 e. The van der Waals surface area contributed by atoms with Gasteiger partial charge in [-0.2, -0.15) is 15.4 Å². The second-order valence-electron chi connectivity index (χ2n) is 9.97. The van der Waals surface area contributed by atoms with Gasteiger partial charge in [-0.3, -0.25) is 0 Å². The van der Waals surface area contributed by atoms with Crippen LogP contribution in [0.2, 0.25) is 0 Å². The highest BCUT2D eigenvalue weighted by atomic mass is 16.6. The second-order valence-corrected chi connectivity index (χ2v) is 9.97. The van der Waals surface area contributed by atoms with Crippen molar-refractivity contribution in [1.82, 2.24) is 20.3 Å². The van der Waals surface area contributed by atoms with E-state index in [-0.39, 0.29) is 12.1 Å². The van der Waals surface area contributed by atoms with Crippen molar-refractivity contribution in [1.29, 1.82) is 0 Å². The van der Waals surface area contributed by atoms with Crippen LogP contribution in [0.15, 0.2) is 66.8 Å². The van der Waals surface area contributed by atoms with Crippen LogP contribution in [0.3, 0.4) is 0 Å². The summed E-state index contributed by atoms with van der Waals surface area (Å²) in [6.45, 7) is 8.06. The summed E-state index contributed by atoms with van der Waals surface area (Å²) in [6.07, 6.45) is 9.14. The second kappa shape index (κ2) is 10.0. The maximum Gasteiger partial charge on any atom is 0.410 e. The monoisotopic (exact) mass is 474 g/mol. The topological polar surface area (TPSA) is 91.3 Å². The number of aromatic nitrogens is 3. The fourth-order valence-electron chi connectivity index (χ4n) is 4.82. The van der Waals surface area contributed by atoms with E-state index in [4.69, 9.17) is 4.74 Å². The predicted molar refractivity (Wildman–Crippen MR) is 138 cm³/mol. The van der Waals surface area contributed by atoms with E-state index in [0.717, 1.165) is 27.7 Å². The van der Waals surface area contributed by atoms with Gasteiger partial charge in [-0.15, -0.1) is 0 Å². The molecule has 0 aliphatic carbocycles. The lowest BCUT2D eigenvalue weighted by atomic mass is 9.82. The molecule has 35 heavy (non-hydrogen) atoms. The van der Waals surface area contributed by atoms with Crippen LogP contribution in [0, 0.1) is 0 Å². The summed E-state index contributed by atoms with van der Waals surface area (Å²) < 4.78 is 6.05. The van der Waals surface area contributed by atoms with E-state index in [1.165, 1.54) is 0 Å². The zero-order valence-electron chi connectivity index (χ0n) is 20.9. The van der Waals surface area contributed by atoms with E-state index in [1.807, 2.05) is 56.4 Å². The Morgan fingerprint density at radius 3 is 2.54 bits per heavy atom. The summed E-state index contributed by atoms with van der Waals surface area (Å²) in [5.74, 6) is 0. The third-order valence-corrected chi connectivity index (χ3v) is 6.54. The molecule has 1 aliphatic rings. The van der Waals surface area contributed by atoms with Gasteiger partial charge in [0.1, 0.15) is 16.6 Å². The molecule has 0 radical (unpaired) electrons. The van der Waals surface area contributed by atoms with Crippen LogP contribution in [-0.4, -0.2) is 49.3 Å². The first-order valence-corrected chi connectivity index (χ1v) is 12.1. The number of amides is 1. The minimum atomic E-state index is -0.937. The van der Waals surface area contributed by atoms with Gasteiger partial charge in [-0.25, -0.2) is 4.79 Å². The molecule has 0 bridgehead atoms. The lowest BCUT2D eigenvalue weighted by Crippen LogP contribution is -2.52. The van der Waals surface area contributed by atoms with Crippen molar-refractivity contribution >= 4 is 17.1 Å². The van der Waals surface area contributed by atoms with Crippen LogP contribution in [0.4, 0.5) is 4.79 Å². The van der Waals surface area contributed by atoms with Gasteiger partial charge in [-0.05, 0) is 56.5 Å². The average molecular weight is 475 g/mol. The summed E-state index contributed by atoms with van der Waals surface area (Å²) >= 11 is 0. The Morgan fingerprint density at radius 2 is 1.86 bits per heavy atom. The van der Waals surface area contributed by atoms with Crippen LogP contribution >= 0.6 is 0 Å². The van der Waals surface area contributed by atoms with Crippen molar-refractivity contribution in [3.63, 3.8) is 0 Å². The number of nitrogens with one attached hydrogen (secondary N) is 1. The fourth-order valence-corrected chi connectivity index (χ4v) is 4.82. The number of hydrogen-bond acceptors (Lipinski definition) is 5. The highest BCUT2D eigenvalue weighted by Gasteiger charge is 2.44. The molecular formula is C28H34N4O3. The van der Waals surface area contributed by atoms with E-state index < -0.39 is 11.2 Å². The van der Waals surface area contributed by atoms with Gasteiger partial charge in [-0.1, -0.05) is 54.6 Å². The molecule has 2 unspecified atom stereocenters. The number of benzene rings is 2. The number of rotatable bonds is 8. The largest absolute Gasteiger partial charge is 0.442 e. The Bertz CT molecular complexity index is 1220. The Balaban J connectivity index is 1.47. The van der Waals surface area contributed by atoms with Crippen LogP contribution in [-0.2, 0) is 4.74 Å². The molecule has 3 aromatic rings. The Kier molecular flexibility index (Phi) is 7.08. The number of cyclic esters (lactones) is 1. The van der Waals surface area contributed by atoms with Crippen LogP contribution < -0.4 is 0 Å². The molecule has 2 N–H and O–H groups in total. The van der Waals surface area contributed by atoms with Crippen molar-refractivity contribution in [3.05, 3.63) is 72.3 Å². The number of nitrogens with zero attached hydrogens (tertiary/aromatic N) is 3. The minimum absolute atomic E-state index is 0.131. The average Bonchev–Trinajstić information content (AvgIpc) is 3.29. The third kappa shape index (κ3) is 5.80. The molecule has 7 nitrogen and oxygen atoms in total. The number of aliphatic hydroxyl groups is 1. The molecule has 2 heterocycles. The number of hydrogen-bond donors (Lipinski definition) is 2. The Morgan fingerprint density at radius 1 is 1.14 bits per heavy atom. The standard InChI is InChI=1S/C28H34N4O3/c1-5-6-7-8-15-28(19-27(3,4)34)16-17-32(26(33)35-28)20(2)21-9-11-22(12-10-21)23-13-14-24-25(18-23)30-31-29-24/h5-14,18,20,34H,15-17,19H2,1-4H3,(H,29,30,31). The summed E-state index contributed by atoms with van der Waals surface area (Å²) in [6, 6.07) is 14.1. The van der Waals surface area contributed by atoms with Gasteiger partial charge < -0.3 is 14.7 Å². The van der Waals surface area contributed by atoms with Gasteiger partial charge in [0.25, 0.3) is 0 Å². The number of ether oxygens (including phenoxy) is 1. The first kappa shape index (κ1) is 24.7. The highest BCUT2D eigenvalue weighted by molar-refractivity contribution is 5.81. The van der Waals surface area contributed by atoms with Crippen molar-refractivity contribution < 1.29 is 14.6 Å². The lowest BCUT2D eigenvalue weighted by molar-refractivity contribution is -0.0943. The van der Waals surface area contributed by atoms with Crippen molar-refractivity contribution in [3.8, 4) is 11.1 Å². The van der Waals surface area contributed by atoms with Gasteiger partial charge in [0.15, 0.2) is 0 Å². The number of allylic oxidation sites excluding steroid dienone is 3. The summed E-state index contributed by atoms with van der Waals surface area (Å²) in [7, 11) is 0. The molecule has 2 atom stereocenters. The normalized spacial score (nSPS) is 20.1. The van der Waals surface area contributed by atoms with Gasteiger partial charge in [0.2, 0.25) is 0 Å². The van der Waals surface area contributed by atoms with Crippen LogP contribution in [0.1, 0.15) is 58.6 Å².